The van der Waals surface area contributed by atoms with Crippen LogP contribution < -0.4 is 4.90 Å². The Morgan fingerprint density at radius 2 is 0.871 bits per heavy atom. The van der Waals surface area contributed by atoms with Gasteiger partial charge < -0.3 is 13.7 Å². The molecule has 0 aliphatic heterocycles. The van der Waals surface area contributed by atoms with Crippen LogP contribution in [0.1, 0.15) is 22.3 Å². The highest BCUT2D eigenvalue weighted by molar-refractivity contribution is 6.23. The Hall–Kier alpha value is -9.18. The van der Waals surface area contributed by atoms with Gasteiger partial charge in [0, 0.05) is 44.2 Å². The molecule has 0 fully saturated rings. The van der Waals surface area contributed by atoms with Gasteiger partial charge in [-0.05, 0) is 122 Å². The predicted molar refractivity (Wildman–Crippen MR) is 289 cm³/mol. The van der Waals surface area contributed by atoms with Crippen molar-refractivity contribution in [2.75, 3.05) is 4.90 Å². The monoisotopic (exact) mass is 893 g/mol. The fourth-order valence-corrected chi connectivity index (χ4v) is 11.5. The van der Waals surface area contributed by atoms with Crippen LogP contribution in [0.15, 0.2) is 270 Å². The lowest BCUT2D eigenvalue weighted by molar-refractivity contribution is 0.664. The minimum atomic E-state index is -0.527. The van der Waals surface area contributed by atoms with Crippen LogP contribution in [-0.2, 0) is 5.41 Å². The van der Waals surface area contributed by atoms with Crippen LogP contribution in [0, 0.1) is 0 Å². The molecule has 3 nitrogen and oxygen atoms in total. The van der Waals surface area contributed by atoms with Gasteiger partial charge in [0.25, 0.3) is 0 Å². The van der Waals surface area contributed by atoms with Crippen LogP contribution in [0.5, 0.6) is 0 Å². The van der Waals surface area contributed by atoms with Crippen molar-refractivity contribution in [1.82, 2.24) is 0 Å². The molecule has 0 spiro atoms. The molecule has 0 bridgehead atoms. The summed E-state index contributed by atoms with van der Waals surface area (Å²) in [6.45, 7) is 0. The van der Waals surface area contributed by atoms with E-state index in [-0.39, 0.29) is 0 Å². The van der Waals surface area contributed by atoms with E-state index >= 15 is 0 Å². The summed E-state index contributed by atoms with van der Waals surface area (Å²) in [5.41, 5.74) is 20.3. The second kappa shape index (κ2) is 16.0. The van der Waals surface area contributed by atoms with Gasteiger partial charge in [0.05, 0.1) is 5.41 Å². The van der Waals surface area contributed by atoms with Crippen LogP contribution >= 0.6 is 0 Å². The van der Waals surface area contributed by atoms with Gasteiger partial charge >= 0.3 is 0 Å². The first-order valence-electron chi connectivity index (χ1n) is 24.0. The number of hydrogen-bond acceptors (Lipinski definition) is 3. The first-order valence-corrected chi connectivity index (χ1v) is 24.0. The van der Waals surface area contributed by atoms with Gasteiger partial charge in [-0.1, -0.05) is 200 Å². The summed E-state index contributed by atoms with van der Waals surface area (Å²) in [6, 6.07) is 94.2. The summed E-state index contributed by atoms with van der Waals surface area (Å²) in [4.78, 5) is 2.41. The zero-order valence-electron chi connectivity index (χ0n) is 38.1. The molecule has 14 rings (SSSR count). The fourth-order valence-electron chi connectivity index (χ4n) is 11.5. The van der Waals surface area contributed by atoms with Gasteiger partial charge in [-0.15, -0.1) is 0 Å². The highest BCUT2D eigenvalue weighted by Gasteiger charge is 2.46. The molecule has 13 aromatic rings. The van der Waals surface area contributed by atoms with Crippen LogP contribution in [-0.4, -0.2) is 0 Å². The maximum Gasteiger partial charge on any atom is 0.144 e. The van der Waals surface area contributed by atoms with E-state index in [9.17, 15) is 0 Å². The number of rotatable bonds is 8. The van der Waals surface area contributed by atoms with Crippen molar-refractivity contribution in [3.05, 3.63) is 283 Å². The summed E-state index contributed by atoms with van der Waals surface area (Å²) in [5, 5.41) is 4.25. The molecule has 1 aliphatic rings. The molecule has 70 heavy (non-hydrogen) atoms. The number of nitrogens with zero attached hydrogens (tertiary/aromatic N) is 1. The highest BCUT2D eigenvalue weighted by Crippen LogP contribution is 2.57. The topological polar surface area (TPSA) is 29.5 Å². The Labute approximate surface area is 405 Å². The standard InChI is InChI=1S/C67H43NO2/c1-5-18-44(19-6-1)47-22-17-27-52(40-47)68(53-37-39-55-54-28-13-15-30-59(54)67(60(55)42-53,49-23-9-3-10-24-49)50-25-11-4-12-26-50)51-35-32-45(33-36-51)48-34-38-56-58-43-63-65(57-29-14-16-31-61(57)69-63)64(46-20-7-2-8-21-46)66(58)70-62(56)41-48/h1-43H. The van der Waals surface area contributed by atoms with E-state index in [0.717, 1.165) is 88.8 Å². The molecule has 2 heterocycles. The van der Waals surface area contributed by atoms with E-state index in [0.29, 0.717) is 0 Å². The van der Waals surface area contributed by atoms with E-state index in [1.165, 1.54) is 38.9 Å². The third-order valence-corrected chi connectivity index (χ3v) is 14.5. The Morgan fingerprint density at radius 1 is 0.300 bits per heavy atom. The molecule has 3 heteroatoms. The zero-order chi connectivity index (χ0) is 46.2. The minimum absolute atomic E-state index is 0.527. The third kappa shape index (κ3) is 6.15. The number of anilines is 3. The van der Waals surface area contributed by atoms with Gasteiger partial charge in [-0.2, -0.15) is 0 Å². The van der Waals surface area contributed by atoms with Crippen molar-refractivity contribution >= 4 is 60.9 Å². The van der Waals surface area contributed by atoms with E-state index in [1.807, 2.05) is 12.1 Å². The minimum Gasteiger partial charge on any atom is -0.456 e. The van der Waals surface area contributed by atoms with E-state index < -0.39 is 5.41 Å². The molecular weight excluding hydrogens is 851 g/mol. The number of benzene rings is 11. The van der Waals surface area contributed by atoms with Crippen molar-refractivity contribution < 1.29 is 8.83 Å². The Balaban J connectivity index is 0.922. The maximum absolute atomic E-state index is 6.94. The molecule has 2 aromatic heterocycles. The first kappa shape index (κ1) is 39.9. The van der Waals surface area contributed by atoms with Crippen molar-refractivity contribution in [2.45, 2.75) is 5.41 Å². The van der Waals surface area contributed by atoms with E-state index in [1.54, 1.807) is 0 Å². The molecule has 1 aliphatic carbocycles. The predicted octanol–water partition coefficient (Wildman–Crippen LogP) is 18.3. The fraction of sp³-hybridized carbons (Fsp3) is 0.0149. The molecule has 0 N–H and O–H groups in total. The molecule has 328 valence electrons. The molecule has 0 amide bonds. The lowest BCUT2D eigenvalue weighted by Gasteiger charge is -2.35. The summed E-state index contributed by atoms with van der Waals surface area (Å²) in [5.74, 6) is 0. The second-order valence-electron chi connectivity index (χ2n) is 18.3. The summed E-state index contributed by atoms with van der Waals surface area (Å²) in [7, 11) is 0. The quantitative estimate of drug-likeness (QED) is 0.152. The largest absolute Gasteiger partial charge is 0.456 e. The van der Waals surface area contributed by atoms with Gasteiger partial charge in [-0.3, -0.25) is 0 Å². The maximum atomic E-state index is 6.94. The number of fused-ring (bicyclic) bond motifs is 9. The number of hydrogen-bond donors (Lipinski definition) is 0. The van der Waals surface area contributed by atoms with Crippen LogP contribution in [0.2, 0.25) is 0 Å². The van der Waals surface area contributed by atoms with Crippen LogP contribution in [0.3, 0.4) is 0 Å². The number of furan rings is 2. The third-order valence-electron chi connectivity index (χ3n) is 14.5. The summed E-state index contributed by atoms with van der Waals surface area (Å²) in [6.07, 6.45) is 0. The normalized spacial score (nSPS) is 12.7. The van der Waals surface area contributed by atoms with Gasteiger partial charge in [0.1, 0.15) is 22.3 Å². The van der Waals surface area contributed by atoms with E-state index in [2.05, 4.69) is 254 Å². The van der Waals surface area contributed by atoms with Gasteiger partial charge in [-0.25, -0.2) is 0 Å². The molecule has 0 radical (unpaired) electrons. The second-order valence-corrected chi connectivity index (χ2v) is 18.3. The Morgan fingerprint density at radius 3 is 1.63 bits per heavy atom. The Kier molecular flexibility index (Phi) is 9.11. The average Bonchev–Trinajstić information content (AvgIpc) is 4.09. The zero-order valence-corrected chi connectivity index (χ0v) is 38.1. The van der Waals surface area contributed by atoms with Gasteiger partial charge in [0.15, 0.2) is 0 Å². The summed E-state index contributed by atoms with van der Waals surface area (Å²) >= 11 is 0. The van der Waals surface area contributed by atoms with Crippen molar-refractivity contribution in [3.8, 4) is 44.5 Å². The Bertz CT molecular complexity index is 4060. The molecule has 0 atom stereocenters. The van der Waals surface area contributed by atoms with Gasteiger partial charge in [0.2, 0.25) is 0 Å². The number of para-hydroxylation sites is 1. The lowest BCUT2D eigenvalue weighted by atomic mass is 9.67. The molecule has 0 saturated carbocycles. The van der Waals surface area contributed by atoms with Crippen molar-refractivity contribution in [3.63, 3.8) is 0 Å². The van der Waals surface area contributed by atoms with Crippen molar-refractivity contribution in [2.24, 2.45) is 0 Å². The SMILES string of the molecule is c1ccc(-c2cccc(N(c3ccc(-c4ccc5c(c4)oc4c(-c6ccccc6)c6c(cc45)oc4ccccc46)cc3)c3ccc4c(c3)C(c3ccccc3)(c3ccccc3)c3ccccc3-4)c2)cc1. The van der Waals surface area contributed by atoms with Crippen molar-refractivity contribution in [1.29, 1.82) is 0 Å². The molecular formula is C67H43NO2. The average molecular weight is 894 g/mol. The molecule has 0 unspecified atom stereocenters. The molecule has 11 aromatic carbocycles. The first-order chi connectivity index (χ1) is 34.7. The molecule has 0 saturated heterocycles. The van der Waals surface area contributed by atoms with Crippen LogP contribution in [0.25, 0.3) is 88.4 Å². The smallest absolute Gasteiger partial charge is 0.144 e. The lowest BCUT2D eigenvalue weighted by Crippen LogP contribution is -2.28. The van der Waals surface area contributed by atoms with Crippen LogP contribution in [0.4, 0.5) is 17.1 Å². The highest BCUT2D eigenvalue weighted by atomic mass is 16.3. The van der Waals surface area contributed by atoms with E-state index in [4.69, 9.17) is 8.83 Å². The summed E-state index contributed by atoms with van der Waals surface area (Å²) < 4.78 is 13.4.